The Morgan fingerprint density at radius 3 is 2.61 bits per heavy atom. The second kappa shape index (κ2) is 4.67. The summed E-state index contributed by atoms with van der Waals surface area (Å²) >= 11 is 0. The van der Waals surface area contributed by atoms with E-state index in [9.17, 15) is 4.79 Å². The first kappa shape index (κ1) is 11.6. The van der Waals surface area contributed by atoms with Gasteiger partial charge in [0.15, 0.2) is 12.1 Å². The molecule has 0 aromatic heterocycles. The van der Waals surface area contributed by atoms with Gasteiger partial charge in [-0.3, -0.25) is 4.79 Å². The van der Waals surface area contributed by atoms with Crippen molar-refractivity contribution >= 4 is 11.9 Å². The Labute approximate surface area is 106 Å². The van der Waals surface area contributed by atoms with Gasteiger partial charge in [-0.25, -0.2) is 0 Å². The summed E-state index contributed by atoms with van der Waals surface area (Å²) in [4.78, 5) is 11.0. The summed E-state index contributed by atoms with van der Waals surface area (Å²) in [6.07, 6.45) is 5.60. The van der Waals surface area contributed by atoms with E-state index in [1.54, 1.807) is 0 Å². The molecule has 1 spiro atoms. The van der Waals surface area contributed by atoms with Crippen LogP contribution in [0.5, 0.6) is 0 Å². The summed E-state index contributed by atoms with van der Waals surface area (Å²) in [6.45, 7) is 1.38. The van der Waals surface area contributed by atoms with Crippen molar-refractivity contribution in [3.8, 4) is 0 Å². The Bertz CT molecular complexity index is 484. The van der Waals surface area contributed by atoms with Crippen LogP contribution in [0.25, 0.3) is 5.57 Å². The highest BCUT2D eigenvalue weighted by Crippen LogP contribution is 2.38. The molecule has 0 saturated carbocycles. The van der Waals surface area contributed by atoms with E-state index in [0.717, 1.165) is 36.7 Å². The van der Waals surface area contributed by atoms with Crippen LogP contribution in [0.1, 0.15) is 35.2 Å². The van der Waals surface area contributed by atoms with Crippen LogP contribution in [-0.2, 0) is 9.47 Å². The maximum absolute atomic E-state index is 11.0. The fraction of sp³-hybridized carbons (Fsp3) is 0.400. The summed E-state index contributed by atoms with van der Waals surface area (Å²) in [6, 6.07) is 7.72. The number of benzene rings is 1. The molecule has 18 heavy (non-hydrogen) atoms. The zero-order valence-electron chi connectivity index (χ0n) is 10.2. The molecule has 3 heteroatoms. The monoisotopic (exact) mass is 244 g/mol. The van der Waals surface area contributed by atoms with E-state index in [4.69, 9.17) is 9.47 Å². The molecule has 0 unspecified atom stereocenters. The lowest BCUT2D eigenvalue weighted by molar-refractivity contribution is -0.159. The molecule has 1 fully saturated rings. The second-order valence-electron chi connectivity index (χ2n) is 4.75. The van der Waals surface area contributed by atoms with Crippen LogP contribution in [0, 0.1) is 0 Å². The smallest absolute Gasteiger partial charge is 0.172 e. The number of carbonyl (C=O) groups excluding carboxylic acids is 1. The number of carbonyl (C=O) groups is 1. The van der Waals surface area contributed by atoms with E-state index in [2.05, 4.69) is 6.08 Å². The quantitative estimate of drug-likeness (QED) is 0.750. The van der Waals surface area contributed by atoms with Crippen molar-refractivity contribution in [2.45, 2.75) is 25.0 Å². The molecule has 1 aliphatic heterocycles. The minimum absolute atomic E-state index is 0.389. The summed E-state index contributed by atoms with van der Waals surface area (Å²) < 4.78 is 11.4. The minimum atomic E-state index is -0.389. The number of hydrogen-bond acceptors (Lipinski definition) is 3. The maximum Gasteiger partial charge on any atom is 0.172 e. The third-order valence-electron chi connectivity index (χ3n) is 3.68. The van der Waals surface area contributed by atoms with E-state index in [1.165, 1.54) is 5.57 Å². The van der Waals surface area contributed by atoms with E-state index >= 15 is 0 Å². The van der Waals surface area contributed by atoms with Crippen molar-refractivity contribution in [3.05, 3.63) is 41.5 Å². The molecule has 1 heterocycles. The van der Waals surface area contributed by atoms with Crippen LogP contribution < -0.4 is 0 Å². The topological polar surface area (TPSA) is 35.5 Å². The Hall–Kier alpha value is -1.45. The van der Waals surface area contributed by atoms with Gasteiger partial charge in [0.2, 0.25) is 0 Å². The van der Waals surface area contributed by atoms with Gasteiger partial charge < -0.3 is 9.47 Å². The molecule has 1 aromatic carbocycles. The molecule has 94 valence electrons. The molecule has 3 rings (SSSR count). The molecule has 0 atom stereocenters. The SMILES string of the molecule is O=Cc1ccccc1C1=CCC2(CC1)OCCO2. The molecule has 3 nitrogen and oxygen atoms in total. The Morgan fingerprint density at radius 1 is 1.17 bits per heavy atom. The first-order chi connectivity index (χ1) is 8.83. The number of allylic oxidation sites excluding steroid dienone is 1. The summed E-state index contributed by atoms with van der Waals surface area (Å²) in [5.74, 6) is -0.389. The second-order valence-corrected chi connectivity index (χ2v) is 4.75. The van der Waals surface area contributed by atoms with Gasteiger partial charge in [-0.05, 0) is 17.6 Å². The summed E-state index contributed by atoms with van der Waals surface area (Å²) in [5.41, 5.74) is 3.02. The molecular weight excluding hydrogens is 228 g/mol. The van der Waals surface area contributed by atoms with Gasteiger partial charge in [-0.1, -0.05) is 30.3 Å². The molecule has 1 saturated heterocycles. The summed E-state index contributed by atoms with van der Waals surface area (Å²) in [7, 11) is 0. The van der Waals surface area contributed by atoms with Gasteiger partial charge in [0.25, 0.3) is 0 Å². The van der Waals surface area contributed by atoms with Gasteiger partial charge >= 0.3 is 0 Å². The zero-order valence-corrected chi connectivity index (χ0v) is 10.2. The Morgan fingerprint density at radius 2 is 1.94 bits per heavy atom. The molecule has 1 aliphatic carbocycles. The van der Waals surface area contributed by atoms with E-state index in [-0.39, 0.29) is 5.79 Å². The summed E-state index contributed by atoms with van der Waals surface area (Å²) in [5, 5.41) is 0. The highest BCUT2D eigenvalue weighted by atomic mass is 16.7. The van der Waals surface area contributed by atoms with Crippen LogP contribution in [0.15, 0.2) is 30.3 Å². The van der Waals surface area contributed by atoms with Crippen molar-refractivity contribution in [3.63, 3.8) is 0 Å². The molecular formula is C15H16O3. The van der Waals surface area contributed by atoms with E-state index < -0.39 is 0 Å². The van der Waals surface area contributed by atoms with Gasteiger partial charge in [-0.2, -0.15) is 0 Å². The molecule has 0 bridgehead atoms. The lowest BCUT2D eigenvalue weighted by Crippen LogP contribution is -2.31. The highest BCUT2D eigenvalue weighted by Gasteiger charge is 2.37. The number of aldehydes is 1. The van der Waals surface area contributed by atoms with Crippen LogP contribution >= 0.6 is 0 Å². The first-order valence-electron chi connectivity index (χ1n) is 6.34. The number of hydrogen-bond donors (Lipinski definition) is 0. The standard InChI is InChI=1S/C15H16O3/c16-11-13-3-1-2-4-14(13)12-5-7-15(8-6-12)17-9-10-18-15/h1-5,11H,6-10H2. The zero-order chi connectivity index (χ0) is 12.4. The average molecular weight is 244 g/mol. The molecule has 0 N–H and O–H groups in total. The van der Waals surface area contributed by atoms with Crippen LogP contribution in [0.3, 0.4) is 0 Å². The Kier molecular flexibility index (Phi) is 3.02. The highest BCUT2D eigenvalue weighted by molar-refractivity contribution is 5.85. The normalized spacial score (nSPS) is 21.9. The fourth-order valence-corrected chi connectivity index (χ4v) is 2.70. The first-order valence-corrected chi connectivity index (χ1v) is 6.34. The van der Waals surface area contributed by atoms with Gasteiger partial charge in [0.05, 0.1) is 13.2 Å². The van der Waals surface area contributed by atoms with Crippen molar-refractivity contribution < 1.29 is 14.3 Å². The minimum Gasteiger partial charge on any atom is -0.347 e. The number of ether oxygens (including phenoxy) is 2. The van der Waals surface area contributed by atoms with Gasteiger partial charge in [-0.15, -0.1) is 0 Å². The molecule has 2 aliphatic rings. The van der Waals surface area contributed by atoms with Crippen molar-refractivity contribution in [2.24, 2.45) is 0 Å². The van der Waals surface area contributed by atoms with Crippen molar-refractivity contribution in [1.29, 1.82) is 0 Å². The van der Waals surface area contributed by atoms with Crippen LogP contribution in [0.2, 0.25) is 0 Å². The number of rotatable bonds is 2. The van der Waals surface area contributed by atoms with Crippen molar-refractivity contribution in [2.75, 3.05) is 13.2 Å². The molecule has 1 aromatic rings. The lowest BCUT2D eigenvalue weighted by Gasteiger charge is -2.31. The lowest BCUT2D eigenvalue weighted by atomic mass is 9.88. The average Bonchev–Trinajstić information content (AvgIpc) is 2.88. The predicted octanol–water partition coefficient (Wildman–Crippen LogP) is 2.81. The van der Waals surface area contributed by atoms with E-state index in [0.29, 0.717) is 13.2 Å². The van der Waals surface area contributed by atoms with Crippen LogP contribution in [0.4, 0.5) is 0 Å². The predicted molar refractivity (Wildman–Crippen MR) is 68.3 cm³/mol. The van der Waals surface area contributed by atoms with E-state index in [1.807, 2.05) is 24.3 Å². The largest absolute Gasteiger partial charge is 0.347 e. The third-order valence-corrected chi connectivity index (χ3v) is 3.68. The van der Waals surface area contributed by atoms with Crippen molar-refractivity contribution in [1.82, 2.24) is 0 Å². The fourth-order valence-electron chi connectivity index (χ4n) is 2.70. The van der Waals surface area contributed by atoms with Gasteiger partial charge in [0.1, 0.15) is 0 Å². The van der Waals surface area contributed by atoms with Crippen LogP contribution in [-0.4, -0.2) is 25.3 Å². The molecule has 0 amide bonds. The Balaban J connectivity index is 1.86. The molecule has 0 radical (unpaired) electrons. The third kappa shape index (κ3) is 2.00. The maximum atomic E-state index is 11.0. The van der Waals surface area contributed by atoms with Gasteiger partial charge in [0, 0.05) is 18.4 Å².